The number of nitrogens with two attached hydrogens (primary N) is 1. The minimum absolute atomic E-state index is 0.0715. The topological polar surface area (TPSA) is 58.4 Å². The predicted molar refractivity (Wildman–Crippen MR) is 84.5 cm³/mol. The van der Waals surface area contributed by atoms with Crippen LogP contribution in [0.3, 0.4) is 0 Å². The third-order valence-electron chi connectivity index (χ3n) is 3.05. The van der Waals surface area contributed by atoms with Crippen LogP contribution >= 0.6 is 0 Å². The Bertz CT molecular complexity index is 402. The highest BCUT2D eigenvalue weighted by Gasteiger charge is 2.15. The van der Waals surface area contributed by atoms with E-state index >= 15 is 0 Å². The van der Waals surface area contributed by atoms with Crippen molar-refractivity contribution in [2.24, 2.45) is 5.92 Å². The van der Waals surface area contributed by atoms with E-state index in [1.54, 1.807) is 0 Å². The smallest absolute Gasteiger partial charge is 0.224 e. The van der Waals surface area contributed by atoms with Crippen molar-refractivity contribution in [2.45, 2.75) is 32.7 Å². The van der Waals surface area contributed by atoms with Gasteiger partial charge in [0.2, 0.25) is 5.91 Å². The number of anilines is 1. The zero-order valence-corrected chi connectivity index (χ0v) is 13.0. The van der Waals surface area contributed by atoms with Gasteiger partial charge < -0.3 is 16.0 Å². The third-order valence-corrected chi connectivity index (χ3v) is 3.05. The number of nitrogen functional groups attached to an aromatic ring is 1. The van der Waals surface area contributed by atoms with Gasteiger partial charge in [-0.1, -0.05) is 26.0 Å². The van der Waals surface area contributed by atoms with Gasteiger partial charge in [-0.25, -0.2) is 0 Å². The van der Waals surface area contributed by atoms with Crippen molar-refractivity contribution in [3.63, 3.8) is 0 Å². The van der Waals surface area contributed by atoms with Crippen LogP contribution < -0.4 is 11.1 Å². The maximum absolute atomic E-state index is 12.1. The molecule has 0 heterocycles. The average Bonchev–Trinajstić information content (AvgIpc) is 2.30. The summed E-state index contributed by atoms with van der Waals surface area (Å²) in [5.41, 5.74) is 7.35. The van der Waals surface area contributed by atoms with Crippen LogP contribution in [-0.2, 0) is 11.2 Å². The monoisotopic (exact) mass is 277 g/mol. The Labute approximate surface area is 122 Å². The van der Waals surface area contributed by atoms with E-state index in [2.05, 4.69) is 24.1 Å². The molecule has 1 rings (SSSR count). The Kier molecular flexibility index (Phi) is 6.52. The lowest BCUT2D eigenvalue weighted by atomic mass is 10.0. The molecule has 0 aliphatic heterocycles. The molecule has 3 N–H and O–H groups in total. The van der Waals surface area contributed by atoms with E-state index in [1.807, 2.05) is 38.4 Å². The third kappa shape index (κ3) is 6.57. The number of hydrogen-bond donors (Lipinski definition) is 2. The van der Waals surface area contributed by atoms with Crippen molar-refractivity contribution in [3.8, 4) is 0 Å². The first-order chi connectivity index (χ1) is 9.36. The van der Waals surface area contributed by atoms with Gasteiger partial charge in [-0.2, -0.15) is 0 Å². The number of likely N-dealkylation sites (N-methyl/N-ethyl adjacent to an activating group) is 1. The van der Waals surface area contributed by atoms with Gasteiger partial charge in [0, 0.05) is 18.3 Å². The predicted octanol–water partition coefficient (Wildman–Crippen LogP) is 1.90. The average molecular weight is 277 g/mol. The van der Waals surface area contributed by atoms with Gasteiger partial charge in [0.05, 0.1) is 6.42 Å². The molecule has 0 spiro atoms. The van der Waals surface area contributed by atoms with Gasteiger partial charge in [0.25, 0.3) is 0 Å². The molecule has 20 heavy (non-hydrogen) atoms. The highest BCUT2D eigenvalue weighted by molar-refractivity contribution is 5.79. The Morgan fingerprint density at radius 3 is 2.35 bits per heavy atom. The Balaban J connectivity index is 2.54. The van der Waals surface area contributed by atoms with Gasteiger partial charge in [-0.15, -0.1) is 0 Å². The van der Waals surface area contributed by atoms with Crippen molar-refractivity contribution in [3.05, 3.63) is 29.8 Å². The molecule has 0 bridgehead atoms. The molecule has 0 aromatic heterocycles. The molecule has 0 radical (unpaired) electrons. The number of rotatable bonds is 7. The Morgan fingerprint density at radius 1 is 1.25 bits per heavy atom. The zero-order valence-electron chi connectivity index (χ0n) is 13.0. The maximum atomic E-state index is 12.1. The molecular weight excluding hydrogens is 250 g/mol. The van der Waals surface area contributed by atoms with Crippen LogP contribution in [0.4, 0.5) is 5.69 Å². The Hall–Kier alpha value is -1.55. The van der Waals surface area contributed by atoms with Crippen LogP contribution in [0.25, 0.3) is 0 Å². The number of carbonyl (C=O) groups excluding carboxylic acids is 1. The molecular formula is C16H27N3O. The summed E-state index contributed by atoms with van der Waals surface area (Å²) < 4.78 is 0. The second-order valence-corrected chi connectivity index (χ2v) is 6.07. The molecule has 0 fully saturated rings. The highest BCUT2D eigenvalue weighted by atomic mass is 16.1. The first-order valence-corrected chi connectivity index (χ1v) is 7.15. The maximum Gasteiger partial charge on any atom is 0.224 e. The normalized spacial score (nSPS) is 12.7. The van der Waals surface area contributed by atoms with Crippen molar-refractivity contribution >= 4 is 11.6 Å². The van der Waals surface area contributed by atoms with Crippen LogP contribution in [0, 0.1) is 5.92 Å². The van der Waals surface area contributed by atoms with Gasteiger partial charge >= 0.3 is 0 Å². The zero-order chi connectivity index (χ0) is 15.1. The van der Waals surface area contributed by atoms with Crippen molar-refractivity contribution in [1.82, 2.24) is 10.2 Å². The Morgan fingerprint density at radius 2 is 1.85 bits per heavy atom. The fourth-order valence-electron chi connectivity index (χ4n) is 2.29. The largest absolute Gasteiger partial charge is 0.399 e. The second kappa shape index (κ2) is 7.90. The standard InChI is InChI=1S/C16H27N3O/c1-12(2)9-15(11-19(3)4)18-16(20)10-13-5-7-14(17)8-6-13/h5-8,12,15H,9-11,17H2,1-4H3,(H,18,20). The van der Waals surface area contributed by atoms with Crippen LogP contribution in [0.2, 0.25) is 0 Å². The van der Waals surface area contributed by atoms with Crippen LogP contribution in [-0.4, -0.2) is 37.5 Å². The highest BCUT2D eigenvalue weighted by Crippen LogP contribution is 2.08. The van der Waals surface area contributed by atoms with Gasteiger partial charge in [0.1, 0.15) is 0 Å². The first-order valence-electron chi connectivity index (χ1n) is 7.15. The van der Waals surface area contributed by atoms with Gasteiger partial charge in [-0.05, 0) is 44.1 Å². The van der Waals surface area contributed by atoms with Gasteiger partial charge in [-0.3, -0.25) is 4.79 Å². The molecule has 1 amide bonds. The molecule has 1 unspecified atom stereocenters. The summed E-state index contributed by atoms with van der Waals surface area (Å²) >= 11 is 0. The summed E-state index contributed by atoms with van der Waals surface area (Å²) in [6, 6.07) is 7.66. The van der Waals surface area contributed by atoms with Crippen LogP contribution in [0.15, 0.2) is 24.3 Å². The minimum atomic E-state index is 0.0715. The van der Waals surface area contributed by atoms with E-state index in [0.29, 0.717) is 12.3 Å². The summed E-state index contributed by atoms with van der Waals surface area (Å²) in [6.07, 6.45) is 1.40. The van der Waals surface area contributed by atoms with E-state index in [9.17, 15) is 4.79 Å². The SMILES string of the molecule is CC(C)CC(CN(C)C)NC(=O)Cc1ccc(N)cc1. The van der Waals surface area contributed by atoms with E-state index < -0.39 is 0 Å². The van der Waals surface area contributed by atoms with Gasteiger partial charge in [0.15, 0.2) is 0 Å². The van der Waals surface area contributed by atoms with E-state index in [-0.39, 0.29) is 11.9 Å². The molecule has 1 aromatic carbocycles. The van der Waals surface area contributed by atoms with Crippen LogP contribution in [0.5, 0.6) is 0 Å². The lowest BCUT2D eigenvalue weighted by Gasteiger charge is -2.24. The lowest BCUT2D eigenvalue weighted by Crippen LogP contribution is -2.43. The van der Waals surface area contributed by atoms with Crippen molar-refractivity contribution < 1.29 is 4.79 Å². The van der Waals surface area contributed by atoms with E-state index in [1.165, 1.54) is 0 Å². The fraction of sp³-hybridized carbons (Fsp3) is 0.562. The molecule has 1 aromatic rings. The fourth-order valence-corrected chi connectivity index (χ4v) is 2.29. The number of carbonyl (C=O) groups is 1. The molecule has 0 aliphatic carbocycles. The molecule has 4 nitrogen and oxygen atoms in total. The minimum Gasteiger partial charge on any atom is -0.399 e. The van der Waals surface area contributed by atoms with Crippen molar-refractivity contribution in [2.75, 3.05) is 26.4 Å². The summed E-state index contributed by atoms with van der Waals surface area (Å²) in [5, 5.41) is 3.13. The molecule has 4 heteroatoms. The molecule has 0 aliphatic rings. The quantitative estimate of drug-likeness (QED) is 0.748. The molecule has 1 atom stereocenters. The number of amides is 1. The number of nitrogens with zero attached hydrogens (tertiary/aromatic N) is 1. The first kappa shape index (κ1) is 16.5. The van der Waals surface area contributed by atoms with E-state index in [4.69, 9.17) is 5.73 Å². The number of hydrogen-bond acceptors (Lipinski definition) is 3. The number of nitrogens with one attached hydrogen (secondary N) is 1. The van der Waals surface area contributed by atoms with Crippen LogP contribution in [0.1, 0.15) is 25.8 Å². The molecule has 0 saturated heterocycles. The summed E-state index contributed by atoms with van der Waals surface area (Å²) in [7, 11) is 4.05. The van der Waals surface area contributed by atoms with E-state index in [0.717, 1.165) is 24.2 Å². The molecule has 0 saturated carbocycles. The number of benzene rings is 1. The van der Waals surface area contributed by atoms with Crippen molar-refractivity contribution in [1.29, 1.82) is 0 Å². The lowest BCUT2D eigenvalue weighted by molar-refractivity contribution is -0.121. The second-order valence-electron chi connectivity index (χ2n) is 6.07. The molecule has 112 valence electrons. The summed E-state index contributed by atoms with van der Waals surface area (Å²) in [6.45, 7) is 5.22. The summed E-state index contributed by atoms with van der Waals surface area (Å²) in [5.74, 6) is 0.638. The summed E-state index contributed by atoms with van der Waals surface area (Å²) in [4.78, 5) is 14.2.